The lowest BCUT2D eigenvalue weighted by Gasteiger charge is -2.15. The van der Waals surface area contributed by atoms with Crippen molar-refractivity contribution in [3.8, 4) is 5.75 Å². The van der Waals surface area contributed by atoms with E-state index >= 15 is 0 Å². The molecule has 1 aromatic carbocycles. The van der Waals surface area contributed by atoms with Gasteiger partial charge in [0, 0.05) is 6.42 Å². The molecule has 0 bridgehead atoms. The highest BCUT2D eigenvalue weighted by atomic mass is 16.3. The van der Waals surface area contributed by atoms with Gasteiger partial charge in [-0.05, 0) is 17.7 Å². The average Bonchev–Trinajstić information content (AvgIpc) is 2.46. The number of phenols is 1. The summed E-state index contributed by atoms with van der Waals surface area (Å²) < 4.78 is 0. The van der Waals surface area contributed by atoms with E-state index in [1.807, 2.05) is 0 Å². The summed E-state index contributed by atoms with van der Waals surface area (Å²) in [6.07, 6.45) is 0.162. The zero-order valence-electron chi connectivity index (χ0n) is 11.2. The summed E-state index contributed by atoms with van der Waals surface area (Å²) in [5.41, 5.74) is 5.92. The van der Waals surface area contributed by atoms with Gasteiger partial charge in [-0.25, -0.2) is 0 Å². The summed E-state index contributed by atoms with van der Waals surface area (Å²) in [4.78, 5) is 33.7. The van der Waals surface area contributed by atoms with Crippen molar-refractivity contribution in [1.29, 1.82) is 0 Å². The second kappa shape index (κ2) is 7.85. The van der Waals surface area contributed by atoms with Crippen molar-refractivity contribution in [3.63, 3.8) is 0 Å². The number of rotatable bonds is 7. The normalized spacial score (nSPS) is 11.5. The number of hydrogen-bond donors (Lipinski definition) is 5. The Hall–Kier alpha value is -2.61. The summed E-state index contributed by atoms with van der Waals surface area (Å²) in [5.74, 6) is -1.92. The van der Waals surface area contributed by atoms with Gasteiger partial charge in [0.05, 0.1) is 6.54 Å². The minimum Gasteiger partial charge on any atom is -0.508 e. The molecule has 0 aromatic heterocycles. The Bertz CT molecular complexity index is 515. The predicted molar refractivity (Wildman–Crippen MR) is 73.0 cm³/mol. The Labute approximate surface area is 120 Å². The Balaban J connectivity index is 2.57. The molecule has 21 heavy (non-hydrogen) atoms. The Morgan fingerprint density at radius 1 is 1.14 bits per heavy atom. The fourth-order valence-electron chi connectivity index (χ4n) is 1.57. The first kappa shape index (κ1) is 16.4. The van der Waals surface area contributed by atoms with E-state index in [2.05, 4.69) is 10.6 Å². The van der Waals surface area contributed by atoms with Crippen LogP contribution in [0.4, 0.5) is 0 Å². The summed E-state index contributed by atoms with van der Waals surface area (Å²) >= 11 is 0. The lowest BCUT2D eigenvalue weighted by molar-refractivity contribution is -0.129. The topological polar surface area (TPSA) is 142 Å². The molecule has 0 heterocycles. The first-order chi connectivity index (χ1) is 9.92. The summed E-state index contributed by atoms with van der Waals surface area (Å²) in [6, 6.07) is 5.18. The van der Waals surface area contributed by atoms with Crippen LogP contribution in [0.15, 0.2) is 24.3 Å². The van der Waals surface area contributed by atoms with Crippen LogP contribution in [0.3, 0.4) is 0 Å². The molecule has 0 aliphatic rings. The zero-order chi connectivity index (χ0) is 15.8. The monoisotopic (exact) mass is 295 g/mol. The second-order valence-corrected chi connectivity index (χ2v) is 4.33. The number of primary amides is 1. The number of aliphatic hydroxyl groups is 1. The van der Waals surface area contributed by atoms with Crippen molar-refractivity contribution in [2.75, 3.05) is 13.2 Å². The van der Waals surface area contributed by atoms with Crippen molar-refractivity contribution in [2.45, 2.75) is 12.5 Å². The van der Waals surface area contributed by atoms with E-state index in [1.165, 1.54) is 12.1 Å². The van der Waals surface area contributed by atoms with Crippen LogP contribution in [-0.4, -0.2) is 47.1 Å². The Morgan fingerprint density at radius 3 is 2.29 bits per heavy atom. The summed E-state index contributed by atoms with van der Waals surface area (Å²) in [6.45, 7) is -1.08. The van der Waals surface area contributed by atoms with Crippen LogP contribution in [0.2, 0.25) is 0 Å². The molecule has 1 atom stereocenters. The fraction of sp³-hybridized carbons (Fsp3) is 0.308. The highest BCUT2D eigenvalue weighted by Crippen LogP contribution is 2.11. The maximum absolute atomic E-state index is 11.6. The van der Waals surface area contributed by atoms with Gasteiger partial charge in [-0.2, -0.15) is 0 Å². The van der Waals surface area contributed by atoms with E-state index < -0.39 is 30.4 Å². The number of benzene rings is 1. The van der Waals surface area contributed by atoms with Gasteiger partial charge in [0.2, 0.25) is 17.7 Å². The first-order valence-electron chi connectivity index (χ1n) is 6.16. The number of aromatic hydroxyl groups is 1. The van der Waals surface area contributed by atoms with Gasteiger partial charge in [0.15, 0.2) is 0 Å². The SMILES string of the molecule is NC(=O)C(Cc1ccc(O)cc1)NC(=O)CNC(=O)CO. The molecule has 1 aromatic rings. The molecule has 1 rings (SSSR count). The lowest BCUT2D eigenvalue weighted by Crippen LogP contribution is -2.49. The molecule has 0 saturated heterocycles. The van der Waals surface area contributed by atoms with Crippen LogP contribution < -0.4 is 16.4 Å². The van der Waals surface area contributed by atoms with Gasteiger partial charge in [-0.15, -0.1) is 0 Å². The third-order valence-electron chi connectivity index (χ3n) is 2.64. The molecule has 0 radical (unpaired) electrons. The van der Waals surface area contributed by atoms with E-state index in [9.17, 15) is 14.4 Å². The number of aliphatic hydroxyl groups excluding tert-OH is 1. The van der Waals surface area contributed by atoms with Crippen LogP contribution in [0.5, 0.6) is 5.75 Å². The number of amides is 3. The molecule has 0 saturated carbocycles. The fourth-order valence-corrected chi connectivity index (χ4v) is 1.57. The van der Waals surface area contributed by atoms with Crippen molar-refractivity contribution >= 4 is 17.7 Å². The molecule has 0 aliphatic carbocycles. The third-order valence-corrected chi connectivity index (χ3v) is 2.64. The van der Waals surface area contributed by atoms with Gasteiger partial charge >= 0.3 is 0 Å². The molecule has 0 aliphatic heterocycles. The zero-order valence-corrected chi connectivity index (χ0v) is 11.2. The largest absolute Gasteiger partial charge is 0.508 e. The smallest absolute Gasteiger partial charge is 0.246 e. The van der Waals surface area contributed by atoms with E-state index in [4.69, 9.17) is 15.9 Å². The number of carbonyl (C=O) groups excluding carboxylic acids is 3. The molecule has 8 heteroatoms. The van der Waals surface area contributed by atoms with Gasteiger partial charge in [-0.3, -0.25) is 14.4 Å². The Kier molecular flexibility index (Phi) is 6.15. The number of hydrogen-bond acceptors (Lipinski definition) is 5. The average molecular weight is 295 g/mol. The highest BCUT2D eigenvalue weighted by molar-refractivity contribution is 5.89. The Morgan fingerprint density at radius 2 is 1.76 bits per heavy atom. The molecule has 6 N–H and O–H groups in total. The third kappa shape index (κ3) is 5.91. The molecular weight excluding hydrogens is 278 g/mol. The highest BCUT2D eigenvalue weighted by Gasteiger charge is 2.18. The molecule has 8 nitrogen and oxygen atoms in total. The molecular formula is C13H17N3O5. The number of nitrogens with two attached hydrogens (primary N) is 1. The second-order valence-electron chi connectivity index (χ2n) is 4.33. The van der Waals surface area contributed by atoms with Crippen LogP contribution in [-0.2, 0) is 20.8 Å². The molecule has 1 unspecified atom stereocenters. The predicted octanol–water partition coefficient (Wildman–Crippen LogP) is -1.99. The first-order valence-corrected chi connectivity index (χ1v) is 6.16. The van der Waals surface area contributed by atoms with E-state index in [0.717, 1.165) is 0 Å². The number of phenolic OH excluding ortho intramolecular Hbond substituents is 1. The van der Waals surface area contributed by atoms with Crippen molar-refractivity contribution < 1.29 is 24.6 Å². The molecule has 114 valence electrons. The van der Waals surface area contributed by atoms with Crippen LogP contribution in [0.1, 0.15) is 5.56 Å². The van der Waals surface area contributed by atoms with E-state index in [1.54, 1.807) is 12.1 Å². The standard InChI is InChI=1S/C13H17N3O5/c14-13(21)10(5-8-1-3-9(18)4-2-8)16-11(19)6-15-12(20)7-17/h1-4,10,17-18H,5-7H2,(H2,14,21)(H,15,20)(H,16,19). The van der Waals surface area contributed by atoms with Crippen molar-refractivity contribution in [2.24, 2.45) is 5.73 Å². The van der Waals surface area contributed by atoms with Gasteiger partial charge in [0.25, 0.3) is 0 Å². The molecule has 0 spiro atoms. The van der Waals surface area contributed by atoms with Crippen LogP contribution >= 0.6 is 0 Å². The van der Waals surface area contributed by atoms with E-state index in [-0.39, 0.29) is 18.7 Å². The van der Waals surface area contributed by atoms with Crippen LogP contribution in [0.25, 0.3) is 0 Å². The van der Waals surface area contributed by atoms with E-state index in [0.29, 0.717) is 5.56 Å². The molecule has 0 fully saturated rings. The van der Waals surface area contributed by atoms with Gasteiger partial charge in [0.1, 0.15) is 18.4 Å². The minimum absolute atomic E-state index is 0.0881. The van der Waals surface area contributed by atoms with Gasteiger partial charge in [-0.1, -0.05) is 12.1 Å². The number of carbonyl (C=O) groups is 3. The van der Waals surface area contributed by atoms with Crippen molar-refractivity contribution in [3.05, 3.63) is 29.8 Å². The minimum atomic E-state index is -0.937. The molecule has 3 amide bonds. The van der Waals surface area contributed by atoms with Crippen molar-refractivity contribution in [1.82, 2.24) is 10.6 Å². The van der Waals surface area contributed by atoms with Gasteiger partial charge < -0.3 is 26.6 Å². The summed E-state index contributed by atoms with van der Waals surface area (Å²) in [7, 11) is 0. The maximum Gasteiger partial charge on any atom is 0.246 e. The maximum atomic E-state index is 11.6. The summed E-state index contributed by atoms with van der Waals surface area (Å²) in [5, 5.41) is 22.2. The number of nitrogens with one attached hydrogen (secondary N) is 2. The van der Waals surface area contributed by atoms with Crippen LogP contribution in [0, 0.1) is 0 Å². The quantitative estimate of drug-likeness (QED) is 0.396. The lowest BCUT2D eigenvalue weighted by atomic mass is 10.1.